The second-order valence-electron chi connectivity index (χ2n) is 6.24. The molecule has 2 aromatic rings. The molecule has 0 fully saturated rings. The number of benzene rings is 1. The molecule has 140 valence electrons. The monoisotopic (exact) mass is 358 g/mol. The van der Waals surface area contributed by atoms with Gasteiger partial charge in [-0.2, -0.15) is 5.10 Å². The van der Waals surface area contributed by atoms with Crippen LogP contribution in [0.1, 0.15) is 46.7 Å². The van der Waals surface area contributed by atoms with Crippen molar-refractivity contribution in [2.24, 2.45) is 7.05 Å². The molecule has 0 aliphatic rings. The predicted octanol–water partition coefficient (Wildman–Crippen LogP) is 2.04. The largest absolute Gasteiger partial charge is 0.497 e. The molecule has 0 spiro atoms. The Morgan fingerprint density at radius 2 is 2.04 bits per heavy atom. The molecule has 1 aromatic heterocycles. The minimum absolute atomic E-state index is 0.119. The normalized spacial score (nSPS) is 11.7. The molecule has 0 saturated carbocycles. The summed E-state index contributed by atoms with van der Waals surface area (Å²) >= 11 is 0. The number of ether oxygens (including phenoxy) is 1. The van der Waals surface area contributed by atoms with Crippen LogP contribution in [0, 0.1) is 13.8 Å². The Hall–Kier alpha value is -2.83. The number of aromatic nitrogens is 2. The lowest BCUT2D eigenvalue weighted by atomic mass is 10.1. The van der Waals surface area contributed by atoms with Gasteiger partial charge in [-0.15, -0.1) is 0 Å². The third-order valence-electron chi connectivity index (χ3n) is 4.35. The van der Waals surface area contributed by atoms with Crippen LogP contribution in [0.15, 0.2) is 24.3 Å². The van der Waals surface area contributed by atoms with Crippen LogP contribution in [-0.4, -0.2) is 35.2 Å². The summed E-state index contributed by atoms with van der Waals surface area (Å²) in [5.41, 5.74) is 3.46. The van der Waals surface area contributed by atoms with Gasteiger partial charge in [-0.1, -0.05) is 6.07 Å². The van der Waals surface area contributed by atoms with E-state index < -0.39 is 0 Å². The van der Waals surface area contributed by atoms with E-state index in [0.717, 1.165) is 17.0 Å². The quantitative estimate of drug-likeness (QED) is 0.793. The highest BCUT2D eigenvalue weighted by Crippen LogP contribution is 2.20. The molecule has 2 N–H and O–H groups in total. The molecule has 1 heterocycles. The molecule has 1 atom stereocenters. The molecular formula is C19H26N4O3. The fourth-order valence-electron chi connectivity index (χ4n) is 2.96. The number of nitrogens with zero attached hydrogens (tertiary/aromatic N) is 2. The zero-order valence-corrected chi connectivity index (χ0v) is 15.9. The van der Waals surface area contributed by atoms with E-state index in [-0.39, 0.29) is 30.8 Å². The number of hydrogen-bond donors (Lipinski definition) is 2. The Morgan fingerprint density at radius 1 is 1.31 bits per heavy atom. The van der Waals surface area contributed by atoms with Crippen LogP contribution in [0.5, 0.6) is 5.75 Å². The van der Waals surface area contributed by atoms with Gasteiger partial charge in [-0.3, -0.25) is 14.3 Å². The van der Waals surface area contributed by atoms with E-state index in [0.29, 0.717) is 11.3 Å². The van der Waals surface area contributed by atoms with E-state index in [9.17, 15) is 9.59 Å². The van der Waals surface area contributed by atoms with Gasteiger partial charge >= 0.3 is 0 Å². The van der Waals surface area contributed by atoms with Crippen LogP contribution in [0.25, 0.3) is 0 Å². The summed E-state index contributed by atoms with van der Waals surface area (Å²) < 4.78 is 6.91. The van der Waals surface area contributed by atoms with Crippen molar-refractivity contribution in [1.82, 2.24) is 20.4 Å². The highest BCUT2D eigenvalue weighted by Gasteiger charge is 2.18. The zero-order chi connectivity index (χ0) is 19.3. The van der Waals surface area contributed by atoms with Crippen molar-refractivity contribution in [3.8, 4) is 5.75 Å². The van der Waals surface area contributed by atoms with E-state index in [2.05, 4.69) is 15.7 Å². The lowest BCUT2D eigenvalue weighted by molar-refractivity contribution is -0.121. The van der Waals surface area contributed by atoms with Crippen LogP contribution in [0.3, 0.4) is 0 Å². The highest BCUT2D eigenvalue weighted by atomic mass is 16.5. The minimum atomic E-state index is -0.233. The second-order valence-corrected chi connectivity index (χ2v) is 6.24. The number of hydrogen-bond acceptors (Lipinski definition) is 4. The van der Waals surface area contributed by atoms with Crippen LogP contribution < -0.4 is 15.4 Å². The third kappa shape index (κ3) is 4.62. The van der Waals surface area contributed by atoms with Crippen molar-refractivity contribution in [1.29, 1.82) is 0 Å². The molecule has 0 saturated heterocycles. The van der Waals surface area contributed by atoms with Gasteiger partial charge < -0.3 is 15.4 Å². The van der Waals surface area contributed by atoms with Gasteiger partial charge in [0.15, 0.2) is 0 Å². The summed E-state index contributed by atoms with van der Waals surface area (Å²) in [6.45, 7) is 6.11. The van der Waals surface area contributed by atoms with Crippen molar-refractivity contribution in [2.75, 3.05) is 13.7 Å². The molecule has 0 aliphatic heterocycles. The lowest BCUT2D eigenvalue weighted by Crippen LogP contribution is -2.32. The van der Waals surface area contributed by atoms with Crippen LogP contribution in [0.4, 0.5) is 0 Å². The summed E-state index contributed by atoms with van der Waals surface area (Å²) in [6, 6.07) is 6.75. The van der Waals surface area contributed by atoms with E-state index in [1.54, 1.807) is 31.4 Å². The summed E-state index contributed by atoms with van der Waals surface area (Å²) in [5.74, 6) is 0.265. The number of carbonyl (C=O) groups is 2. The van der Waals surface area contributed by atoms with E-state index >= 15 is 0 Å². The second kappa shape index (κ2) is 8.51. The highest BCUT2D eigenvalue weighted by molar-refractivity contribution is 5.94. The Morgan fingerprint density at radius 3 is 2.65 bits per heavy atom. The zero-order valence-electron chi connectivity index (χ0n) is 15.9. The number of carbonyl (C=O) groups excluding carboxylic acids is 2. The van der Waals surface area contributed by atoms with Gasteiger partial charge in [0.25, 0.3) is 5.91 Å². The molecule has 0 aliphatic carbocycles. The molecular weight excluding hydrogens is 332 g/mol. The summed E-state index contributed by atoms with van der Waals surface area (Å²) in [6.07, 6.45) is 0.207. The predicted molar refractivity (Wildman–Crippen MR) is 99.2 cm³/mol. The van der Waals surface area contributed by atoms with E-state index in [4.69, 9.17) is 4.74 Å². The van der Waals surface area contributed by atoms with Crippen molar-refractivity contribution < 1.29 is 14.3 Å². The maximum atomic E-state index is 12.2. The summed E-state index contributed by atoms with van der Waals surface area (Å²) in [7, 11) is 3.43. The van der Waals surface area contributed by atoms with Gasteiger partial charge in [-0.25, -0.2) is 0 Å². The molecule has 7 nitrogen and oxygen atoms in total. The topological polar surface area (TPSA) is 85.2 Å². The number of aryl methyl sites for hydroxylation is 2. The Bertz CT molecular complexity index is 798. The van der Waals surface area contributed by atoms with Gasteiger partial charge in [0.05, 0.1) is 18.8 Å². The average molecular weight is 358 g/mol. The third-order valence-corrected chi connectivity index (χ3v) is 4.35. The molecule has 0 unspecified atom stereocenters. The molecule has 7 heteroatoms. The number of nitrogens with one attached hydrogen (secondary N) is 2. The SMILES string of the molecule is COc1cccc(C(=O)NCCC(=O)N[C@H](C)c2c(C)nn(C)c2C)c1. The van der Waals surface area contributed by atoms with Crippen molar-refractivity contribution in [2.45, 2.75) is 33.2 Å². The molecule has 0 radical (unpaired) electrons. The maximum absolute atomic E-state index is 12.2. The molecule has 0 bridgehead atoms. The smallest absolute Gasteiger partial charge is 0.251 e. The van der Waals surface area contributed by atoms with Gasteiger partial charge in [0, 0.05) is 36.8 Å². The van der Waals surface area contributed by atoms with Gasteiger partial charge in [0.1, 0.15) is 5.75 Å². The Labute approximate surface area is 153 Å². The Kier molecular flexibility index (Phi) is 6.38. The van der Waals surface area contributed by atoms with Crippen molar-refractivity contribution in [3.05, 3.63) is 46.8 Å². The van der Waals surface area contributed by atoms with Crippen molar-refractivity contribution >= 4 is 11.8 Å². The molecule has 1 aromatic carbocycles. The summed E-state index contributed by atoms with van der Waals surface area (Å²) in [4.78, 5) is 24.3. The number of methoxy groups -OCH3 is 1. The fraction of sp³-hybridized carbons (Fsp3) is 0.421. The average Bonchev–Trinajstić information content (AvgIpc) is 2.86. The van der Waals surface area contributed by atoms with Crippen LogP contribution in [-0.2, 0) is 11.8 Å². The van der Waals surface area contributed by atoms with E-state index in [1.807, 2.05) is 32.5 Å². The minimum Gasteiger partial charge on any atom is -0.497 e. The molecule has 2 rings (SSSR count). The van der Waals surface area contributed by atoms with Crippen LogP contribution in [0.2, 0.25) is 0 Å². The first-order valence-corrected chi connectivity index (χ1v) is 8.55. The van der Waals surface area contributed by atoms with E-state index in [1.165, 1.54) is 0 Å². The number of amides is 2. The van der Waals surface area contributed by atoms with Gasteiger partial charge in [-0.05, 0) is 39.0 Å². The first-order valence-electron chi connectivity index (χ1n) is 8.55. The fourth-order valence-corrected chi connectivity index (χ4v) is 2.96. The van der Waals surface area contributed by atoms with Gasteiger partial charge in [0.2, 0.25) is 5.91 Å². The summed E-state index contributed by atoms with van der Waals surface area (Å²) in [5, 5.41) is 10.1. The van der Waals surface area contributed by atoms with Crippen molar-refractivity contribution in [3.63, 3.8) is 0 Å². The first kappa shape index (κ1) is 19.5. The van der Waals surface area contributed by atoms with Crippen LogP contribution >= 0.6 is 0 Å². The lowest BCUT2D eigenvalue weighted by Gasteiger charge is -2.15. The maximum Gasteiger partial charge on any atom is 0.251 e. The standard InChI is InChI=1S/C19H26N4O3/c1-12(18-13(2)22-23(4)14(18)3)21-17(24)9-10-20-19(25)15-7-6-8-16(11-15)26-5/h6-8,11-12H,9-10H2,1-5H3,(H,20,25)(H,21,24)/t12-/m1/s1. The first-order chi connectivity index (χ1) is 12.3. The Balaban J connectivity index is 1.84. The molecule has 26 heavy (non-hydrogen) atoms. The molecule has 2 amide bonds. The number of rotatable bonds is 7.